The van der Waals surface area contributed by atoms with E-state index in [0.29, 0.717) is 31.8 Å². The molecular weight excluding hydrogens is 384 g/mol. The number of piperazine rings is 1. The zero-order valence-electron chi connectivity index (χ0n) is 16.9. The molecule has 2 fully saturated rings. The van der Waals surface area contributed by atoms with Gasteiger partial charge in [-0.1, -0.05) is 30.3 Å². The molecule has 2 N–H and O–H groups in total. The second-order valence-corrected chi connectivity index (χ2v) is 7.71. The minimum atomic E-state index is -0.376. The molecule has 8 heteroatoms. The van der Waals surface area contributed by atoms with Crippen molar-refractivity contribution in [1.29, 1.82) is 0 Å². The van der Waals surface area contributed by atoms with Crippen molar-refractivity contribution in [3.05, 3.63) is 59.9 Å². The summed E-state index contributed by atoms with van der Waals surface area (Å²) >= 11 is 0. The van der Waals surface area contributed by atoms with Crippen molar-refractivity contribution in [2.75, 3.05) is 33.4 Å². The van der Waals surface area contributed by atoms with E-state index in [1.807, 2.05) is 35.2 Å². The number of hydrogen-bond acceptors (Lipinski definition) is 4. The van der Waals surface area contributed by atoms with Crippen LogP contribution in [0.25, 0.3) is 0 Å². The number of methoxy groups -OCH3 is 1. The van der Waals surface area contributed by atoms with E-state index < -0.39 is 0 Å². The Balaban J connectivity index is 1.58. The van der Waals surface area contributed by atoms with Crippen LogP contribution in [-0.2, 0) is 14.3 Å². The average Bonchev–Trinajstić information content (AvgIpc) is 3.42. The lowest BCUT2D eigenvalue weighted by Crippen LogP contribution is -2.56. The number of carbonyl (C=O) groups excluding carboxylic acids is 3. The standard InChI is InChI=1S/C22H26N4O4/c1-30-11-10-24-21(28)17-12-16-13-25(22(29)18-8-5-9-23-18)14-19(27)26(16)20(17)15-6-3-2-4-7-15/h2-9,16-17,20,23H,10-14H2,1H3,(H,24,28)/t16-,17-,20-/m1/s1. The number of aromatic nitrogens is 1. The molecule has 0 spiro atoms. The fraction of sp³-hybridized carbons (Fsp3) is 0.409. The average molecular weight is 410 g/mol. The Kier molecular flexibility index (Phi) is 5.85. The van der Waals surface area contributed by atoms with E-state index in [1.165, 1.54) is 0 Å². The van der Waals surface area contributed by atoms with E-state index >= 15 is 0 Å². The molecule has 158 valence electrons. The van der Waals surface area contributed by atoms with Crippen LogP contribution in [0.1, 0.15) is 28.5 Å². The first-order valence-electron chi connectivity index (χ1n) is 10.2. The molecule has 0 saturated carbocycles. The molecule has 2 aromatic rings. The van der Waals surface area contributed by atoms with Gasteiger partial charge < -0.3 is 24.8 Å². The van der Waals surface area contributed by atoms with Crippen molar-refractivity contribution in [3.8, 4) is 0 Å². The van der Waals surface area contributed by atoms with Gasteiger partial charge in [-0.2, -0.15) is 0 Å². The Hall–Kier alpha value is -3.13. The number of H-pyrrole nitrogens is 1. The van der Waals surface area contributed by atoms with Gasteiger partial charge >= 0.3 is 0 Å². The smallest absolute Gasteiger partial charge is 0.270 e. The monoisotopic (exact) mass is 410 g/mol. The van der Waals surface area contributed by atoms with Gasteiger partial charge in [0.25, 0.3) is 5.91 Å². The topological polar surface area (TPSA) is 94.7 Å². The Morgan fingerprint density at radius 3 is 2.70 bits per heavy atom. The van der Waals surface area contributed by atoms with Crippen LogP contribution in [0.4, 0.5) is 0 Å². The molecule has 2 saturated heterocycles. The predicted octanol–water partition coefficient (Wildman–Crippen LogP) is 1.19. The first kappa shape index (κ1) is 20.2. The summed E-state index contributed by atoms with van der Waals surface area (Å²) in [5, 5.41) is 2.92. The second kappa shape index (κ2) is 8.71. The van der Waals surface area contributed by atoms with E-state index in [1.54, 1.807) is 30.3 Å². The summed E-state index contributed by atoms with van der Waals surface area (Å²) in [6.07, 6.45) is 2.20. The number of ether oxygens (including phenoxy) is 1. The van der Waals surface area contributed by atoms with Crippen molar-refractivity contribution in [1.82, 2.24) is 20.1 Å². The Labute approximate surface area is 175 Å². The van der Waals surface area contributed by atoms with Gasteiger partial charge in [0.1, 0.15) is 12.2 Å². The van der Waals surface area contributed by atoms with Crippen molar-refractivity contribution < 1.29 is 19.1 Å². The van der Waals surface area contributed by atoms with Crippen LogP contribution in [0.5, 0.6) is 0 Å². The fourth-order valence-corrected chi connectivity index (χ4v) is 4.53. The first-order valence-corrected chi connectivity index (χ1v) is 10.2. The maximum absolute atomic E-state index is 13.1. The Morgan fingerprint density at radius 1 is 1.20 bits per heavy atom. The molecular formula is C22H26N4O4. The van der Waals surface area contributed by atoms with Gasteiger partial charge in [0.05, 0.1) is 24.6 Å². The van der Waals surface area contributed by atoms with Crippen LogP contribution in [0.15, 0.2) is 48.7 Å². The number of nitrogens with one attached hydrogen (secondary N) is 2. The molecule has 3 heterocycles. The molecule has 2 aliphatic rings. The van der Waals surface area contributed by atoms with Gasteiger partial charge in [-0.25, -0.2) is 0 Å². The van der Waals surface area contributed by atoms with E-state index in [0.717, 1.165) is 5.56 Å². The number of fused-ring (bicyclic) bond motifs is 1. The lowest BCUT2D eigenvalue weighted by Gasteiger charge is -2.40. The highest BCUT2D eigenvalue weighted by molar-refractivity contribution is 5.96. The van der Waals surface area contributed by atoms with E-state index in [9.17, 15) is 14.4 Å². The Morgan fingerprint density at radius 2 is 2.00 bits per heavy atom. The van der Waals surface area contributed by atoms with E-state index in [4.69, 9.17) is 4.74 Å². The molecule has 1 aromatic heterocycles. The molecule has 2 aliphatic heterocycles. The summed E-state index contributed by atoms with van der Waals surface area (Å²) in [7, 11) is 1.59. The molecule has 8 nitrogen and oxygen atoms in total. The van der Waals surface area contributed by atoms with Gasteiger partial charge in [-0.3, -0.25) is 14.4 Å². The quantitative estimate of drug-likeness (QED) is 0.700. The van der Waals surface area contributed by atoms with Gasteiger partial charge in [0, 0.05) is 26.4 Å². The highest BCUT2D eigenvalue weighted by atomic mass is 16.5. The molecule has 30 heavy (non-hydrogen) atoms. The fourth-order valence-electron chi connectivity index (χ4n) is 4.53. The van der Waals surface area contributed by atoms with Crippen LogP contribution in [0, 0.1) is 5.92 Å². The first-order chi connectivity index (χ1) is 14.6. The van der Waals surface area contributed by atoms with Crippen molar-refractivity contribution >= 4 is 17.7 Å². The molecule has 0 aliphatic carbocycles. The summed E-state index contributed by atoms with van der Waals surface area (Å²) < 4.78 is 5.03. The summed E-state index contributed by atoms with van der Waals surface area (Å²) in [4.78, 5) is 45.2. The number of carbonyl (C=O) groups is 3. The molecule has 0 radical (unpaired) electrons. The van der Waals surface area contributed by atoms with Crippen molar-refractivity contribution in [3.63, 3.8) is 0 Å². The molecule has 0 bridgehead atoms. The summed E-state index contributed by atoms with van der Waals surface area (Å²) in [6.45, 7) is 1.27. The molecule has 3 amide bonds. The van der Waals surface area contributed by atoms with E-state index in [2.05, 4.69) is 10.3 Å². The largest absolute Gasteiger partial charge is 0.383 e. The number of amides is 3. The van der Waals surface area contributed by atoms with Crippen LogP contribution in [0.2, 0.25) is 0 Å². The van der Waals surface area contributed by atoms with Crippen molar-refractivity contribution in [2.24, 2.45) is 5.92 Å². The minimum Gasteiger partial charge on any atom is -0.383 e. The van der Waals surface area contributed by atoms with Gasteiger partial charge in [0.15, 0.2) is 0 Å². The highest BCUT2D eigenvalue weighted by Gasteiger charge is 2.50. The number of rotatable bonds is 6. The van der Waals surface area contributed by atoms with Gasteiger partial charge in [-0.15, -0.1) is 0 Å². The lowest BCUT2D eigenvalue weighted by atomic mass is 9.92. The zero-order valence-corrected chi connectivity index (χ0v) is 16.9. The van der Waals surface area contributed by atoms with Crippen LogP contribution < -0.4 is 5.32 Å². The normalized spacial score (nSPS) is 23.4. The SMILES string of the molecule is COCCNC(=O)[C@@H]1C[C@@H]2CN(C(=O)c3ccc[nH]3)CC(=O)N2[C@@H]1c1ccccc1. The second-order valence-electron chi connectivity index (χ2n) is 7.71. The third-order valence-corrected chi connectivity index (χ3v) is 5.84. The maximum atomic E-state index is 13.1. The van der Waals surface area contributed by atoms with Crippen molar-refractivity contribution in [2.45, 2.75) is 18.5 Å². The summed E-state index contributed by atoms with van der Waals surface area (Å²) in [5.41, 5.74) is 1.40. The van der Waals surface area contributed by atoms with Crippen LogP contribution >= 0.6 is 0 Å². The lowest BCUT2D eigenvalue weighted by molar-refractivity contribution is -0.139. The highest BCUT2D eigenvalue weighted by Crippen LogP contribution is 2.43. The summed E-state index contributed by atoms with van der Waals surface area (Å²) in [6, 6.07) is 12.6. The minimum absolute atomic E-state index is 0.00962. The maximum Gasteiger partial charge on any atom is 0.270 e. The summed E-state index contributed by atoms with van der Waals surface area (Å²) in [5.74, 6) is -0.798. The molecule has 0 unspecified atom stereocenters. The molecule has 4 rings (SSSR count). The van der Waals surface area contributed by atoms with Crippen LogP contribution in [0.3, 0.4) is 0 Å². The molecule has 3 atom stereocenters. The molecule has 1 aromatic carbocycles. The zero-order chi connectivity index (χ0) is 21.1. The van der Waals surface area contributed by atoms with Crippen LogP contribution in [-0.4, -0.2) is 71.9 Å². The third kappa shape index (κ3) is 3.82. The number of benzene rings is 1. The predicted molar refractivity (Wildman–Crippen MR) is 110 cm³/mol. The Bertz CT molecular complexity index is 899. The van der Waals surface area contributed by atoms with E-state index in [-0.39, 0.29) is 42.3 Å². The third-order valence-electron chi connectivity index (χ3n) is 5.84. The van der Waals surface area contributed by atoms with Gasteiger partial charge in [0.2, 0.25) is 11.8 Å². The number of hydrogen-bond donors (Lipinski definition) is 2. The van der Waals surface area contributed by atoms with Gasteiger partial charge in [-0.05, 0) is 24.1 Å². The number of aromatic amines is 1. The number of nitrogens with zero attached hydrogens (tertiary/aromatic N) is 2.